The van der Waals surface area contributed by atoms with Gasteiger partial charge in [0.25, 0.3) is 0 Å². The van der Waals surface area contributed by atoms with Gasteiger partial charge in [-0.2, -0.15) is 11.6 Å². The summed E-state index contributed by atoms with van der Waals surface area (Å²) in [7, 11) is 0. The molecular formula is C22H23Cl3Ti. The molecule has 0 N–H and O–H groups in total. The first-order valence-electron chi connectivity index (χ1n) is 8.22. The minimum Gasteiger partial charge on any atom is -1.00 e. The summed E-state index contributed by atoms with van der Waals surface area (Å²) in [5, 5.41) is 0. The molecule has 3 rings (SSSR count). The SMILES string of the molecule is CCC(C)C1=C(C(c2ccccc2)c2ccccc2)CC=[C-]1.[Cl-].[Cl-].[Cl-].[Ti+4]. The Hall–Kier alpha value is -0.496. The van der Waals surface area contributed by atoms with E-state index in [9.17, 15) is 0 Å². The fraction of sp³-hybridized carbons (Fsp3) is 0.273. The Bertz CT molecular complexity index is 642. The fourth-order valence-corrected chi connectivity index (χ4v) is 3.30. The van der Waals surface area contributed by atoms with Gasteiger partial charge in [-0.05, 0) is 5.92 Å². The summed E-state index contributed by atoms with van der Waals surface area (Å²) in [5.41, 5.74) is 5.69. The average molecular weight is 442 g/mol. The van der Waals surface area contributed by atoms with Crippen LogP contribution in [0.15, 0.2) is 77.9 Å². The summed E-state index contributed by atoms with van der Waals surface area (Å²) in [4.78, 5) is 0. The summed E-state index contributed by atoms with van der Waals surface area (Å²) in [6.45, 7) is 4.57. The maximum atomic E-state index is 3.53. The number of hydrogen-bond donors (Lipinski definition) is 0. The molecule has 1 aliphatic carbocycles. The maximum Gasteiger partial charge on any atom is 4.00 e. The minimum atomic E-state index is 0. The second kappa shape index (κ2) is 13.6. The van der Waals surface area contributed by atoms with E-state index in [0.717, 1.165) is 12.8 Å². The van der Waals surface area contributed by atoms with Crippen molar-refractivity contribution in [1.82, 2.24) is 0 Å². The predicted molar refractivity (Wildman–Crippen MR) is 93.6 cm³/mol. The zero-order valence-corrected chi connectivity index (χ0v) is 18.9. The number of hydrogen-bond acceptors (Lipinski definition) is 0. The standard InChI is InChI=1S/C22H23.3ClH.Ti/c1-3-17(2)20-15-10-16-21(20)22(18-11-6-4-7-12-18)19-13-8-5-9-14-19;;;;/h4-14,17,22H,3,16H2,1-2H3;3*1H;/q-1;;;;+4/p-3. The molecule has 26 heavy (non-hydrogen) atoms. The smallest absolute Gasteiger partial charge is 1.00 e. The molecule has 2 aromatic carbocycles. The Labute approximate surface area is 191 Å². The molecule has 0 spiro atoms. The van der Waals surface area contributed by atoms with Crippen molar-refractivity contribution in [2.24, 2.45) is 5.92 Å². The van der Waals surface area contributed by atoms with Crippen LogP contribution in [0, 0.1) is 12.0 Å². The van der Waals surface area contributed by atoms with Crippen LogP contribution in [-0.2, 0) is 21.7 Å². The normalized spacial score (nSPS) is 13.2. The van der Waals surface area contributed by atoms with Gasteiger partial charge in [-0.25, -0.2) is 5.57 Å². The molecule has 0 heterocycles. The molecule has 4 heteroatoms. The van der Waals surface area contributed by atoms with Crippen molar-refractivity contribution in [2.75, 3.05) is 0 Å². The zero-order chi connectivity index (χ0) is 15.4. The largest absolute Gasteiger partial charge is 4.00 e. The summed E-state index contributed by atoms with van der Waals surface area (Å²) in [6.07, 6.45) is 7.92. The van der Waals surface area contributed by atoms with Crippen LogP contribution in [-0.4, -0.2) is 0 Å². The van der Waals surface area contributed by atoms with E-state index in [0.29, 0.717) is 11.8 Å². The van der Waals surface area contributed by atoms with E-state index in [4.69, 9.17) is 0 Å². The first kappa shape index (κ1) is 27.7. The van der Waals surface area contributed by atoms with Crippen molar-refractivity contribution in [1.29, 1.82) is 0 Å². The van der Waals surface area contributed by atoms with Crippen molar-refractivity contribution in [2.45, 2.75) is 32.6 Å². The molecule has 0 nitrogen and oxygen atoms in total. The van der Waals surface area contributed by atoms with Crippen LogP contribution in [0.1, 0.15) is 43.7 Å². The second-order valence-electron chi connectivity index (χ2n) is 6.06. The van der Waals surface area contributed by atoms with Crippen molar-refractivity contribution < 1.29 is 58.9 Å². The molecule has 0 saturated heterocycles. The third-order valence-electron chi connectivity index (χ3n) is 4.64. The molecule has 0 aromatic heterocycles. The molecule has 0 aliphatic heterocycles. The van der Waals surface area contributed by atoms with Gasteiger partial charge in [0.2, 0.25) is 0 Å². The Morgan fingerprint density at radius 2 is 1.31 bits per heavy atom. The molecule has 0 radical (unpaired) electrons. The molecule has 0 bridgehead atoms. The van der Waals surface area contributed by atoms with Gasteiger partial charge in [-0.15, -0.1) is 0 Å². The molecule has 0 fully saturated rings. The topological polar surface area (TPSA) is 0 Å². The van der Waals surface area contributed by atoms with Gasteiger partial charge in [-0.3, -0.25) is 6.08 Å². The molecule has 0 amide bonds. The number of rotatable bonds is 5. The van der Waals surface area contributed by atoms with Crippen LogP contribution in [0.5, 0.6) is 0 Å². The number of allylic oxidation sites excluding steroid dienone is 4. The van der Waals surface area contributed by atoms with Crippen LogP contribution in [0.4, 0.5) is 0 Å². The van der Waals surface area contributed by atoms with Crippen LogP contribution < -0.4 is 37.2 Å². The van der Waals surface area contributed by atoms with Gasteiger partial charge < -0.3 is 37.2 Å². The first-order valence-corrected chi connectivity index (χ1v) is 8.22. The summed E-state index contributed by atoms with van der Waals surface area (Å²) in [6, 6.07) is 21.7. The van der Waals surface area contributed by atoms with Crippen LogP contribution >= 0.6 is 0 Å². The molecule has 1 atom stereocenters. The van der Waals surface area contributed by atoms with Gasteiger partial charge in [0, 0.05) is 0 Å². The molecule has 1 aliphatic rings. The summed E-state index contributed by atoms with van der Waals surface area (Å²) >= 11 is 0. The second-order valence-corrected chi connectivity index (χ2v) is 6.06. The number of benzene rings is 2. The molecule has 2 aromatic rings. The van der Waals surface area contributed by atoms with Gasteiger partial charge in [-0.1, -0.05) is 104 Å². The van der Waals surface area contributed by atoms with E-state index >= 15 is 0 Å². The molecular weight excluding hydrogens is 418 g/mol. The average Bonchev–Trinajstić information content (AvgIpc) is 3.06. The van der Waals surface area contributed by atoms with Gasteiger partial charge in [0.15, 0.2) is 0 Å². The first-order chi connectivity index (χ1) is 10.8. The van der Waals surface area contributed by atoms with Crippen LogP contribution in [0.25, 0.3) is 0 Å². The quantitative estimate of drug-likeness (QED) is 0.341. The monoisotopic (exact) mass is 440 g/mol. The summed E-state index contributed by atoms with van der Waals surface area (Å²) < 4.78 is 0. The molecule has 0 saturated carbocycles. The van der Waals surface area contributed by atoms with Crippen LogP contribution in [0.2, 0.25) is 0 Å². The molecule has 1 unspecified atom stereocenters. The van der Waals surface area contributed by atoms with E-state index in [2.05, 4.69) is 86.7 Å². The Morgan fingerprint density at radius 3 is 1.73 bits per heavy atom. The maximum absolute atomic E-state index is 3.53. The third-order valence-corrected chi connectivity index (χ3v) is 4.64. The molecule has 136 valence electrons. The summed E-state index contributed by atoms with van der Waals surface area (Å²) in [5.74, 6) is 0.918. The van der Waals surface area contributed by atoms with Gasteiger partial charge in [0.05, 0.1) is 0 Å². The fourth-order valence-electron chi connectivity index (χ4n) is 3.30. The number of halogens is 3. The van der Waals surface area contributed by atoms with E-state index in [-0.39, 0.29) is 58.9 Å². The van der Waals surface area contributed by atoms with Gasteiger partial charge >= 0.3 is 21.7 Å². The third kappa shape index (κ3) is 6.29. The zero-order valence-electron chi connectivity index (χ0n) is 15.1. The minimum absolute atomic E-state index is 0. The Morgan fingerprint density at radius 1 is 0.846 bits per heavy atom. The van der Waals surface area contributed by atoms with E-state index in [1.54, 1.807) is 0 Å². The predicted octanol–water partition coefficient (Wildman–Crippen LogP) is -3.07. The Balaban J connectivity index is 0. The van der Waals surface area contributed by atoms with Crippen molar-refractivity contribution in [3.63, 3.8) is 0 Å². The van der Waals surface area contributed by atoms with E-state index in [1.165, 1.54) is 22.3 Å². The van der Waals surface area contributed by atoms with Crippen molar-refractivity contribution in [3.8, 4) is 0 Å². The van der Waals surface area contributed by atoms with Gasteiger partial charge in [0.1, 0.15) is 0 Å². The van der Waals surface area contributed by atoms with Crippen molar-refractivity contribution >= 4 is 0 Å². The van der Waals surface area contributed by atoms with E-state index in [1.807, 2.05) is 0 Å². The van der Waals surface area contributed by atoms with E-state index < -0.39 is 0 Å². The Kier molecular flexibility index (Phi) is 14.5. The van der Waals surface area contributed by atoms with Crippen molar-refractivity contribution in [3.05, 3.63) is 95.1 Å². The van der Waals surface area contributed by atoms with Crippen LogP contribution in [0.3, 0.4) is 0 Å².